The van der Waals surface area contributed by atoms with Crippen molar-refractivity contribution < 1.29 is 5.11 Å². The topological polar surface area (TPSA) is 113 Å². The first-order valence-electron chi connectivity index (χ1n) is 8.04. The van der Waals surface area contributed by atoms with Crippen LogP contribution in [-0.2, 0) is 6.42 Å². The Bertz CT molecular complexity index is 1160. The number of benzene rings is 1. The molecule has 140 valence electrons. The Hall–Kier alpha value is -2.59. The molecule has 8 nitrogen and oxygen atoms in total. The first-order chi connectivity index (χ1) is 12.8. The highest BCUT2D eigenvalue weighted by molar-refractivity contribution is 9.10. The van der Waals surface area contributed by atoms with Crippen LogP contribution in [0.3, 0.4) is 0 Å². The highest BCUT2D eigenvalue weighted by atomic mass is 79.9. The van der Waals surface area contributed by atoms with Crippen molar-refractivity contribution in [2.45, 2.75) is 27.2 Å². The first-order valence-corrected chi connectivity index (χ1v) is 9.65. The third kappa shape index (κ3) is 3.62. The summed E-state index contributed by atoms with van der Waals surface area (Å²) in [7, 11) is 0. The van der Waals surface area contributed by atoms with Crippen LogP contribution in [0.5, 0.6) is 5.88 Å². The van der Waals surface area contributed by atoms with Crippen LogP contribution in [-0.4, -0.2) is 31.1 Å². The van der Waals surface area contributed by atoms with Gasteiger partial charge in [-0.3, -0.25) is 9.78 Å². The van der Waals surface area contributed by atoms with Gasteiger partial charge in [0.1, 0.15) is 10.6 Å². The molecule has 2 heterocycles. The van der Waals surface area contributed by atoms with Crippen LogP contribution in [0, 0.1) is 13.8 Å². The molecule has 0 saturated heterocycles. The summed E-state index contributed by atoms with van der Waals surface area (Å²) in [5.41, 5.74) is 0.568. The molecule has 0 aliphatic carbocycles. The second-order valence-electron chi connectivity index (χ2n) is 5.74. The molecule has 0 atom stereocenters. The number of nitrogens with zero attached hydrogens (tertiary/aromatic N) is 4. The fourth-order valence-corrected chi connectivity index (χ4v) is 3.51. The lowest BCUT2D eigenvalue weighted by atomic mass is 10.1. The van der Waals surface area contributed by atoms with Gasteiger partial charge in [0.05, 0.1) is 5.69 Å². The second-order valence-corrected chi connectivity index (χ2v) is 7.63. The van der Waals surface area contributed by atoms with Crippen LogP contribution in [0.15, 0.2) is 31.2 Å². The summed E-state index contributed by atoms with van der Waals surface area (Å²) in [6.07, 6.45) is 1.91. The van der Waals surface area contributed by atoms with Crippen LogP contribution in [0.4, 0.5) is 5.13 Å². The molecule has 1 aromatic carbocycles. The van der Waals surface area contributed by atoms with E-state index in [1.165, 1.54) is 17.6 Å². The van der Waals surface area contributed by atoms with E-state index in [0.717, 1.165) is 31.6 Å². The second kappa shape index (κ2) is 7.57. The lowest BCUT2D eigenvalue weighted by Gasteiger charge is -2.14. The fraction of sp³-hybridized carbons (Fsp3) is 0.235. The number of aliphatic imine (C=N–C) groups is 1. The van der Waals surface area contributed by atoms with Gasteiger partial charge in [-0.1, -0.05) is 34.2 Å². The maximum absolute atomic E-state index is 12.3. The molecule has 2 N–H and O–H groups in total. The number of H-pyrrole nitrogens is 1. The van der Waals surface area contributed by atoms with Crippen molar-refractivity contribution in [3.8, 4) is 11.6 Å². The molecule has 0 aliphatic heterocycles. The van der Waals surface area contributed by atoms with Crippen molar-refractivity contribution in [3.63, 3.8) is 0 Å². The Morgan fingerprint density at radius 3 is 2.70 bits per heavy atom. The summed E-state index contributed by atoms with van der Waals surface area (Å²) < 4.78 is 1.93. The molecular formula is C17H16BrN5O3S. The normalized spacial score (nSPS) is 11.4. The fourth-order valence-electron chi connectivity index (χ4n) is 2.45. The Kier molecular flexibility index (Phi) is 5.38. The minimum Gasteiger partial charge on any atom is -0.493 e. The van der Waals surface area contributed by atoms with Crippen molar-refractivity contribution in [1.29, 1.82) is 0 Å². The molecule has 0 unspecified atom stereocenters. The van der Waals surface area contributed by atoms with Gasteiger partial charge in [0.2, 0.25) is 11.0 Å². The number of aromatic nitrogens is 4. The standard InChI is InChI=1S/C17H16BrN5O3S/c1-4-13-21-22-16(27-13)19-7-10-14(24)20-17(26)23(15(10)25)12-6-5-11(18)8(2)9(12)3/h5-7,25H,4H2,1-3H3,(H,20,24,26). The molecule has 10 heteroatoms. The van der Waals surface area contributed by atoms with E-state index in [0.29, 0.717) is 10.8 Å². The minimum absolute atomic E-state index is 0.136. The average molecular weight is 450 g/mol. The quantitative estimate of drug-likeness (QED) is 0.594. The monoisotopic (exact) mass is 449 g/mol. The molecule has 0 bridgehead atoms. The van der Waals surface area contributed by atoms with Gasteiger partial charge in [-0.25, -0.2) is 14.4 Å². The van der Waals surface area contributed by atoms with Crippen molar-refractivity contribution >= 4 is 38.6 Å². The van der Waals surface area contributed by atoms with Gasteiger partial charge < -0.3 is 5.11 Å². The van der Waals surface area contributed by atoms with Gasteiger partial charge in [0.25, 0.3) is 5.56 Å². The summed E-state index contributed by atoms with van der Waals surface area (Å²) in [6, 6.07) is 3.46. The van der Waals surface area contributed by atoms with Crippen LogP contribution in [0.25, 0.3) is 5.69 Å². The van der Waals surface area contributed by atoms with Crippen molar-refractivity contribution in [2.75, 3.05) is 0 Å². The summed E-state index contributed by atoms with van der Waals surface area (Å²) in [6.45, 7) is 5.66. The molecule has 27 heavy (non-hydrogen) atoms. The number of aromatic amines is 1. The molecule has 3 rings (SSSR count). The first kappa shape index (κ1) is 19.2. The molecule has 0 amide bonds. The SMILES string of the molecule is CCc1nnc(N=Cc2c(O)n(-c3ccc(Br)c(C)c3C)c(=O)[nH]c2=O)s1. The Morgan fingerprint density at radius 1 is 1.30 bits per heavy atom. The third-order valence-corrected chi connectivity index (χ3v) is 5.95. The summed E-state index contributed by atoms with van der Waals surface area (Å²) in [4.78, 5) is 30.8. The van der Waals surface area contributed by atoms with Gasteiger partial charge in [-0.15, -0.1) is 10.2 Å². The van der Waals surface area contributed by atoms with Crippen molar-refractivity contribution in [3.05, 3.63) is 59.1 Å². The maximum atomic E-state index is 12.3. The predicted octanol–water partition coefficient (Wildman–Crippen LogP) is 2.78. The van der Waals surface area contributed by atoms with Crippen molar-refractivity contribution in [2.24, 2.45) is 4.99 Å². The Morgan fingerprint density at radius 2 is 2.04 bits per heavy atom. The lowest BCUT2D eigenvalue weighted by Crippen LogP contribution is -2.31. The molecule has 0 radical (unpaired) electrons. The third-order valence-electron chi connectivity index (χ3n) is 4.12. The smallest absolute Gasteiger partial charge is 0.335 e. The molecule has 3 aromatic rings. The predicted molar refractivity (Wildman–Crippen MR) is 108 cm³/mol. The zero-order chi connectivity index (χ0) is 19.7. The Balaban J connectivity index is 2.15. The molecule has 0 spiro atoms. The van der Waals surface area contributed by atoms with E-state index >= 15 is 0 Å². The summed E-state index contributed by atoms with van der Waals surface area (Å²) >= 11 is 4.72. The summed E-state index contributed by atoms with van der Waals surface area (Å²) in [5.74, 6) is -0.488. The van der Waals surface area contributed by atoms with Crippen molar-refractivity contribution in [1.82, 2.24) is 19.7 Å². The maximum Gasteiger partial charge on any atom is 0.335 e. The number of hydrogen-bond donors (Lipinski definition) is 2. The van der Waals surface area contributed by atoms with E-state index in [4.69, 9.17) is 0 Å². The van der Waals surface area contributed by atoms with E-state index in [1.54, 1.807) is 12.1 Å². The number of aryl methyl sites for hydroxylation is 1. The zero-order valence-corrected chi connectivity index (χ0v) is 17.2. The van der Waals surface area contributed by atoms with E-state index in [1.807, 2.05) is 20.8 Å². The highest BCUT2D eigenvalue weighted by Gasteiger charge is 2.17. The average Bonchev–Trinajstić information content (AvgIpc) is 3.09. The lowest BCUT2D eigenvalue weighted by molar-refractivity contribution is 0.430. The Labute approximate surface area is 166 Å². The largest absolute Gasteiger partial charge is 0.493 e. The van der Waals surface area contributed by atoms with Gasteiger partial charge >= 0.3 is 5.69 Å². The molecular weight excluding hydrogens is 434 g/mol. The van der Waals surface area contributed by atoms with Gasteiger partial charge in [0, 0.05) is 10.7 Å². The van der Waals surface area contributed by atoms with E-state index < -0.39 is 17.1 Å². The number of halogens is 1. The van der Waals surface area contributed by atoms with Gasteiger partial charge in [-0.05, 0) is 43.5 Å². The number of aromatic hydroxyl groups is 1. The number of hydrogen-bond acceptors (Lipinski definition) is 7. The molecule has 0 saturated carbocycles. The number of nitrogens with one attached hydrogen (secondary N) is 1. The van der Waals surface area contributed by atoms with Gasteiger partial charge in [-0.2, -0.15) is 0 Å². The van der Waals surface area contributed by atoms with Crippen LogP contribution >= 0.6 is 27.3 Å². The minimum atomic E-state index is -0.733. The number of rotatable bonds is 4. The molecule has 0 aliphatic rings. The molecule has 2 aromatic heterocycles. The van der Waals surface area contributed by atoms with Crippen LogP contribution < -0.4 is 11.2 Å². The van der Waals surface area contributed by atoms with Crippen LogP contribution in [0.1, 0.15) is 28.6 Å². The van der Waals surface area contributed by atoms with E-state index in [9.17, 15) is 14.7 Å². The highest BCUT2D eigenvalue weighted by Crippen LogP contribution is 2.27. The zero-order valence-electron chi connectivity index (χ0n) is 14.8. The molecule has 0 fully saturated rings. The van der Waals surface area contributed by atoms with Gasteiger partial charge in [0.15, 0.2) is 0 Å². The van der Waals surface area contributed by atoms with E-state index in [-0.39, 0.29) is 5.56 Å². The summed E-state index contributed by atoms with van der Waals surface area (Å²) in [5, 5.41) is 19.6. The van der Waals surface area contributed by atoms with Crippen LogP contribution in [0.2, 0.25) is 0 Å². The van der Waals surface area contributed by atoms with E-state index in [2.05, 4.69) is 36.1 Å².